The summed E-state index contributed by atoms with van der Waals surface area (Å²) in [4.78, 5) is 23.3. The quantitative estimate of drug-likeness (QED) is 0.295. The Hall–Kier alpha value is -2.50. The first-order valence-electron chi connectivity index (χ1n) is 9.18. The summed E-state index contributed by atoms with van der Waals surface area (Å²) < 4.78 is 27.6. The lowest BCUT2D eigenvalue weighted by molar-refractivity contribution is -0.117. The molecule has 0 radical (unpaired) electrons. The van der Waals surface area contributed by atoms with Crippen LogP contribution in [0.3, 0.4) is 0 Å². The topological polar surface area (TPSA) is 105 Å². The molecule has 2 aromatic heterocycles. The van der Waals surface area contributed by atoms with Gasteiger partial charge in [-0.25, -0.2) is 4.98 Å². The van der Waals surface area contributed by atoms with Gasteiger partial charge in [0.15, 0.2) is 28.5 Å². The van der Waals surface area contributed by atoms with E-state index in [-0.39, 0.29) is 18.4 Å². The smallest absolute Gasteiger partial charge is 0.312 e. The number of ether oxygens (including phenoxy) is 2. The van der Waals surface area contributed by atoms with E-state index >= 15 is 0 Å². The number of rotatable bonds is 7. The maximum Gasteiger partial charge on any atom is 0.312 e. The molecule has 0 fully saturated rings. The van der Waals surface area contributed by atoms with Gasteiger partial charge in [-0.05, 0) is 60.1 Å². The number of hydrogen-bond donors (Lipinski definition) is 1. The Morgan fingerprint density at radius 3 is 2.76 bits per heavy atom. The Kier molecular flexibility index (Phi) is 5.52. The van der Waals surface area contributed by atoms with Gasteiger partial charge in [0.2, 0.25) is 6.79 Å². The van der Waals surface area contributed by atoms with Crippen molar-refractivity contribution in [2.75, 3.05) is 12.5 Å². The van der Waals surface area contributed by atoms with Crippen LogP contribution in [0, 0.1) is 9.65 Å². The van der Waals surface area contributed by atoms with Crippen molar-refractivity contribution in [3.63, 3.8) is 0 Å². The Morgan fingerprint density at radius 2 is 2.00 bits per heavy atom. The van der Waals surface area contributed by atoms with Crippen molar-refractivity contribution in [3.8, 4) is 11.5 Å². The van der Waals surface area contributed by atoms with Crippen molar-refractivity contribution in [1.82, 2.24) is 19.5 Å². The third-order valence-electron chi connectivity index (χ3n) is 4.72. The maximum absolute atomic E-state index is 13.8. The number of nitrogen functional groups attached to an aromatic ring is 1. The zero-order valence-corrected chi connectivity index (χ0v) is 17.9. The molecule has 0 spiro atoms. The number of hydrogen-bond acceptors (Lipinski definition) is 7. The van der Waals surface area contributed by atoms with Crippen LogP contribution >= 0.6 is 22.6 Å². The molecule has 29 heavy (non-hydrogen) atoms. The van der Waals surface area contributed by atoms with Gasteiger partial charge in [-0.2, -0.15) is 14.4 Å². The van der Waals surface area contributed by atoms with Gasteiger partial charge in [-0.1, -0.05) is 0 Å². The highest BCUT2D eigenvalue weighted by Gasteiger charge is 2.20. The third kappa shape index (κ3) is 4.11. The van der Waals surface area contributed by atoms with Gasteiger partial charge in [-0.15, -0.1) is 0 Å². The number of fused-ring (bicyclic) bond motifs is 2. The van der Waals surface area contributed by atoms with Gasteiger partial charge in [0.05, 0.1) is 0 Å². The van der Waals surface area contributed by atoms with Gasteiger partial charge in [0, 0.05) is 23.0 Å². The molecule has 3 aromatic rings. The Bertz CT molecular complexity index is 1100. The van der Waals surface area contributed by atoms with Crippen molar-refractivity contribution < 1.29 is 18.7 Å². The van der Waals surface area contributed by atoms with Crippen molar-refractivity contribution >= 4 is 45.4 Å². The SMILES string of the molecule is CC(=O)CCCCn1c(Cc2cc3c(cc2I)OCO3)nc2c(N)nc(F)nc21. The summed E-state index contributed by atoms with van der Waals surface area (Å²) in [5, 5.41) is 0. The summed E-state index contributed by atoms with van der Waals surface area (Å²) in [6.07, 6.45) is 1.58. The number of Topliss-reactive ketones (excluding diaryl/α,β-unsaturated/α-hetero) is 1. The molecule has 0 atom stereocenters. The second-order valence-corrected chi connectivity index (χ2v) is 8.02. The fourth-order valence-corrected chi connectivity index (χ4v) is 3.95. The van der Waals surface area contributed by atoms with Crippen LogP contribution in [0.25, 0.3) is 11.2 Å². The van der Waals surface area contributed by atoms with E-state index in [1.807, 2.05) is 16.7 Å². The van der Waals surface area contributed by atoms with Crippen LogP contribution in [0.15, 0.2) is 12.1 Å². The lowest BCUT2D eigenvalue weighted by Crippen LogP contribution is -2.08. The van der Waals surface area contributed by atoms with E-state index in [2.05, 4.69) is 37.5 Å². The van der Waals surface area contributed by atoms with Crippen LogP contribution in [0.2, 0.25) is 0 Å². The second kappa shape index (κ2) is 8.09. The lowest BCUT2D eigenvalue weighted by Gasteiger charge is -2.10. The molecule has 0 saturated heterocycles. The molecular formula is C19H19FIN5O3. The molecule has 0 unspecified atom stereocenters. The number of aryl methyl sites for hydroxylation is 1. The minimum absolute atomic E-state index is 0.0108. The van der Waals surface area contributed by atoms with E-state index in [1.165, 1.54) is 0 Å². The number of carbonyl (C=O) groups excluding carboxylic acids is 1. The van der Waals surface area contributed by atoms with Crippen LogP contribution in [-0.2, 0) is 17.8 Å². The highest BCUT2D eigenvalue weighted by atomic mass is 127. The number of carbonyl (C=O) groups is 1. The fourth-order valence-electron chi connectivity index (χ4n) is 3.32. The number of benzene rings is 1. The van der Waals surface area contributed by atoms with E-state index in [1.54, 1.807) is 6.92 Å². The molecule has 10 heteroatoms. The summed E-state index contributed by atoms with van der Waals surface area (Å²) in [7, 11) is 0. The Labute approximate surface area is 179 Å². The predicted octanol–water partition coefficient (Wildman–Crippen LogP) is 3.23. The van der Waals surface area contributed by atoms with E-state index in [9.17, 15) is 9.18 Å². The molecule has 1 aliphatic heterocycles. The van der Waals surface area contributed by atoms with Crippen LogP contribution in [0.4, 0.5) is 10.2 Å². The number of unbranched alkanes of at least 4 members (excludes halogenated alkanes) is 1. The molecule has 3 heterocycles. The van der Waals surface area contributed by atoms with Crippen LogP contribution in [0.1, 0.15) is 37.6 Å². The molecule has 1 aliphatic rings. The van der Waals surface area contributed by atoms with Gasteiger partial charge in [0.25, 0.3) is 0 Å². The standard InChI is InChI=1S/C19H19FIN5O3/c1-10(27)4-2-3-5-26-15(23-16-17(22)24-19(20)25-18(16)26)7-11-6-13-14(8-12(11)21)29-9-28-13/h6,8H,2-5,7,9H2,1H3,(H2,22,24,25). The van der Waals surface area contributed by atoms with Crippen molar-refractivity contribution in [1.29, 1.82) is 0 Å². The van der Waals surface area contributed by atoms with Gasteiger partial charge in [-0.3, -0.25) is 0 Å². The van der Waals surface area contributed by atoms with E-state index < -0.39 is 6.08 Å². The molecule has 4 rings (SSSR count). The summed E-state index contributed by atoms with van der Waals surface area (Å²) in [6, 6.07) is 3.85. The molecule has 0 aliphatic carbocycles. The van der Waals surface area contributed by atoms with E-state index in [4.69, 9.17) is 15.2 Å². The first-order valence-corrected chi connectivity index (χ1v) is 10.3. The van der Waals surface area contributed by atoms with Gasteiger partial charge < -0.3 is 24.6 Å². The summed E-state index contributed by atoms with van der Waals surface area (Å²) in [5.74, 6) is 2.26. The highest BCUT2D eigenvalue weighted by Crippen LogP contribution is 2.36. The van der Waals surface area contributed by atoms with E-state index in [0.29, 0.717) is 47.9 Å². The Balaban J connectivity index is 1.70. The van der Waals surface area contributed by atoms with Gasteiger partial charge in [0.1, 0.15) is 11.6 Å². The van der Waals surface area contributed by atoms with Crippen LogP contribution < -0.4 is 15.2 Å². The number of ketones is 1. The van der Waals surface area contributed by atoms with Gasteiger partial charge >= 0.3 is 6.08 Å². The first kappa shape index (κ1) is 19.8. The highest BCUT2D eigenvalue weighted by molar-refractivity contribution is 14.1. The lowest BCUT2D eigenvalue weighted by atomic mass is 10.1. The summed E-state index contributed by atoms with van der Waals surface area (Å²) in [5.41, 5.74) is 7.63. The molecule has 1 aromatic carbocycles. The molecule has 0 bridgehead atoms. The monoisotopic (exact) mass is 511 g/mol. The number of nitrogens with zero attached hydrogens (tertiary/aromatic N) is 4. The summed E-state index contributed by atoms with van der Waals surface area (Å²) >= 11 is 2.24. The first-order chi connectivity index (χ1) is 13.9. The number of nitrogens with two attached hydrogens (primary N) is 1. The second-order valence-electron chi connectivity index (χ2n) is 6.86. The van der Waals surface area contributed by atoms with Crippen molar-refractivity contribution in [2.45, 2.75) is 39.2 Å². The van der Waals surface area contributed by atoms with E-state index in [0.717, 1.165) is 22.0 Å². The normalized spacial score (nSPS) is 12.7. The maximum atomic E-state index is 13.8. The molecule has 152 valence electrons. The number of anilines is 1. The average molecular weight is 511 g/mol. The number of imidazole rings is 1. The molecule has 0 saturated carbocycles. The summed E-state index contributed by atoms with van der Waals surface area (Å²) in [6.45, 7) is 2.33. The minimum Gasteiger partial charge on any atom is -0.454 e. The van der Waals surface area contributed by atoms with Crippen molar-refractivity contribution in [2.24, 2.45) is 0 Å². The van der Waals surface area contributed by atoms with Crippen molar-refractivity contribution in [3.05, 3.63) is 33.2 Å². The van der Waals surface area contributed by atoms with Crippen LogP contribution in [0.5, 0.6) is 11.5 Å². The third-order valence-corrected chi connectivity index (χ3v) is 5.73. The molecule has 0 amide bonds. The Morgan fingerprint density at radius 1 is 1.24 bits per heavy atom. The number of halogens is 2. The zero-order valence-electron chi connectivity index (χ0n) is 15.7. The molecular weight excluding hydrogens is 492 g/mol. The average Bonchev–Trinajstić information content (AvgIpc) is 3.23. The number of aromatic nitrogens is 4. The van der Waals surface area contributed by atoms with Crippen LogP contribution in [-0.4, -0.2) is 32.1 Å². The zero-order chi connectivity index (χ0) is 20.5. The minimum atomic E-state index is -0.885. The molecule has 8 nitrogen and oxygen atoms in total. The predicted molar refractivity (Wildman–Crippen MR) is 112 cm³/mol. The largest absolute Gasteiger partial charge is 0.454 e. The fraction of sp³-hybridized carbons (Fsp3) is 0.368. The molecule has 2 N–H and O–H groups in total.